The van der Waals surface area contributed by atoms with E-state index >= 15 is 0 Å². The molecule has 2 aromatic carbocycles. The van der Waals surface area contributed by atoms with Crippen molar-refractivity contribution in [2.45, 2.75) is 6.92 Å². The van der Waals surface area contributed by atoms with Crippen LogP contribution >= 0.6 is 0 Å². The monoisotopic (exact) mass is 405 g/mol. The van der Waals surface area contributed by atoms with Gasteiger partial charge in [0.1, 0.15) is 30.8 Å². The predicted molar refractivity (Wildman–Crippen MR) is 115 cm³/mol. The lowest BCUT2D eigenvalue weighted by Crippen LogP contribution is -2.23. The van der Waals surface area contributed by atoms with Gasteiger partial charge in [0.25, 0.3) is 5.56 Å². The first-order chi connectivity index (χ1) is 14.5. The molecule has 0 atom stereocenters. The van der Waals surface area contributed by atoms with Crippen molar-refractivity contribution in [1.82, 2.24) is 9.99 Å². The van der Waals surface area contributed by atoms with Crippen LogP contribution in [0, 0.1) is 18.3 Å². The molecule has 0 amide bonds. The number of rotatable bonds is 7. The van der Waals surface area contributed by atoms with E-state index in [2.05, 4.69) is 5.43 Å². The van der Waals surface area contributed by atoms with Crippen molar-refractivity contribution in [3.05, 3.63) is 75.7 Å². The maximum Gasteiger partial charge on any atom is 0.254 e. The highest BCUT2D eigenvalue weighted by Crippen LogP contribution is 2.25. The number of nitrogens with one attached hydrogen (secondary N) is 1. The fourth-order valence-electron chi connectivity index (χ4n) is 3.20. The lowest BCUT2D eigenvalue weighted by Gasteiger charge is -2.14. The summed E-state index contributed by atoms with van der Waals surface area (Å²) in [5, 5.41) is 9.91. The molecule has 0 aliphatic carbocycles. The number of pyridine rings is 1. The van der Waals surface area contributed by atoms with Crippen LogP contribution in [0.2, 0.25) is 0 Å². The summed E-state index contributed by atoms with van der Waals surface area (Å²) in [5.41, 5.74) is 10.8. The maximum atomic E-state index is 12.3. The number of allylic oxidation sites excluding steroid dienone is 1. The van der Waals surface area contributed by atoms with Gasteiger partial charge in [-0.25, -0.2) is 5.84 Å². The van der Waals surface area contributed by atoms with Gasteiger partial charge in [-0.15, -0.1) is 0 Å². The molecule has 0 saturated carbocycles. The van der Waals surface area contributed by atoms with Crippen LogP contribution in [0.25, 0.3) is 16.6 Å². The minimum atomic E-state index is -0.135. The normalized spacial score (nSPS) is 11.5. The summed E-state index contributed by atoms with van der Waals surface area (Å²) in [6, 6.07) is 16.2. The number of nitrogens with two attached hydrogens (primary N) is 2. The molecule has 0 unspecified atom stereocenters. The SMILES string of the molecule is Cc1cccc2c(OCCOc3cccc(/C(N)=C(\C#N)NN)c3)cc(=O)n(C)c12. The number of aromatic nitrogens is 1. The molecule has 0 fully saturated rings. The Morgan fingerprint density at radius 1 is 1.17 bits per heavy atom. The Bertz CT molecular complexity index is 1210. The molecule has 3 aromatic rings. The van der Waals surface area contributed by atoms with Gasteiger partial charge < -0.3 is 25.2 Å². The zero-order valence-electron chi connectivity index (χ0n) is 16.8. The highest BCUT2D eigenvalue weighted by Gasteiger charge is 2.10. The van der Waals surface area contributed by atoms with E-state index in [0.717, 1.165) is 16.5 Å². The molecule has 3 rings (SSSR count). The van der Waals surface area contributed by atoms with Crippen molar-refractivity contribution in [1.29, 1.82) is 5.26 Å². The number of nitriles is 1. The molecule has 0 radical (unpaired) electrons. The molecule has 154 valence electrons. The Kier molecular flexibility index (Phi) is 6.25. The number of fused-ring (bicyclic) bond motifs is 1. The number of nitrogens with zero attached hydrogens (tertiary/aromatic N) is 2. The summed E-state index contributed by atoms with van der Waals surface area (Å²) >= 11 is 0. The Labute approximate surface area is 173 Å². The summed E-state index contributed by atoms with van der Waals surface area (Å²) in [6.45, 7) is 2.47. The first-order valence-corrected chi connectivity index (χ1v) is 9.28. The van der Waals surface area contributed by atoms with Gasteiger partial charge in [-0.3, -0.25) is 4.79 Å². The van der Waals surface area contributed by atoms with Crippen LogP contribution in [0.1, 0.15) is 11.1 Å². The van der Waals surface area contributed by atoms with E-state index in [0.29, 0.717) is 17.1 Å². The van der Waals surface area contributed by atoms with Crippen LogP contribution < -0.4 is 32.0 Å². The highest BCUT2D eigenvalue weighted by molar-refractivity contribution is 5.87. The zero-order chi connectivity index (χ0) is 21.7. The van der Waals surface area contributed by atoms with Gasteiger partial charge in [-0.1, -0.05) is 24.3 Å². The summed E-state index contributed by atoms with van der Waals surface area (Å²) in [7, 11) is 1.75. The highest BCUT2D eigenvalue weighted by atomic mass is 16.5. The third-order valence-corrected chi connectivity index (χ3v) is 4.70. The largest absolute Gasteiger partial charge is 0.490 e. The van der Waals surface area contributed by atoms with Gasteiger partial charge in [-0.2, -0.15) is 5.26 Å². The first-order valence-electron chi connectivity index (χ1n) is 9.28. The van der Waals surface area contributed by atoms with Gasteiger partial charge in [0.05, 0.1) is 11.2 Å². The van der Waals surface area contributed by atoms with Gasteiger partial charge in [0.2, 0.25) is 0 Å². The molecular weight excluding hydrogens is 382 g/mol. The van der Waals surface area contributed by atoms with Crippen LogP contribution in [0.15, 0.2) is 59.0 Å². The van der Waals surface area contributed by atoms with E-state index < -0.39 is 0 Å². The molecule has 0 aliphatic heterocycles. The van der Waals surface area contributed by atoms with Crippen molar-refractivity contribution < 1.29 is 9.47 Å². The van der Waals surface area contributed by atoms with Crippen molar-refractivity contribution in [3.63, 3.8) is 0 Å². The van der Waals surface area contributed by atoms with Crippen LogP contribution in [0.5, 0.6) is 11.5 Å². The molecule has 0 saturated heterocycles. The molecule has 1 heterocycles. The summed E-state index contributed by atoms with van der Waals surface area (Å²) in [5.74, 6) is 6.39. The molecule has 0 aliphatic rings. The molecule has 8 heteroatoms. The smallest absolute Gasteiger partial charge is 0.254 e. The van der Waals surface area contributed by atoms with E-state index in [-0.39, 0.29) is 30.2 Å². The Morgan fingerprint density at radius 3 is 2.63 bits per heavy atom. The third-order valence-electron chi connectivity index (χ3n) is 4.70. The quantitative estimate of drug-likeness (QED) is 0.237. The first kappa shape index (κ1) is 20.8. The zero-order valence-corrected chi connectivity index (χ0v) is 16.8. The molecule has 1 aromatic heterocycles. The maximum absolute atomic E-state index is 12.3. The predicted octanol–water partition coefficient (Wildman–Crippen LogP) is 1.92. The number of hydrogen-bond donors (Lipinski definition) is 3. The average molecular weight is 405 g/mol. The van der Waals surface area contributed by atoms with Crippen molar-refractivity contribution in [3.8, 4) is 17.6 Å². The summed E-state index contributed by atoms with van der Waals surface area (Å²) < 4.78 is 13.2. The number of benzene rings is 2. The molecule has 8 nitrogen and oxygen atoms in total. The molecule has 5 N–H and O–H groups in total. The average Bonchev–Trinajstić information content (AvgIpc) is 2.75. The fourth-order valence-corrected chi connectivity index (χ4v) is 3.20. The van der Waals surface area contributed by atoms with Crippen LogP contribution in [-0.2, 0) is 7.05 Å². The number of ether oxygens (including phenoxy) is 2. The van der Waals surface area contributed by atoms with E-state index in [1.807, 2.05) is 31.2 Å². The number of hydrazine groups is 1. The Balaban J connectivity index is 1.71. The molecule has 0 bridgehead atoms. The number of para-hydroxylation sites is 1. The summed E-state index contributed by atoms with van der Waals surface area (Å²) in [6.07, 6.45) is 0. The van der Waals surface area contributed by atoms with E-state index in [9.17, 15) is 4.79 Å². The Morgan fingerprint density at radius 2 is 1.90 bits per heavy atom. The second-order valence-corrected chi connectivity index (χ2v) is 6.65. The molecule has 30 heavy (non-hydrogen) atoms. The third kappa shape index (κ3) is 4.21. The van der Waals surface area contributed by atoms with Gasteiger partial charge in [0.15, 0.2) is 5.70 Å². The number of aryl methyl sites for hydroxylation is 2. The lowest BCUT2D eigenvalue weighted by molar-refractivity contribution is 0.218. The molecular formula is C22H23N5O3. The van der Waals surface area contributed by atoms with Crippen LogP contribution in [0.4, 0.5) is 0 Å². The second kappa shape index (κ2) is 9.03. The standard InChI is InChI=1S/C22H23N5O3/c1-14-5-3-8-17-19(12-20(28)27(2)22(14)17)30-10-9-29-16-7-4-6-15(11-16)21(24)18(13-23)26-25/h3-8,11-12,26H,9-10,24-25H2,1-2H3/b21-18-. The fraction of sp³-hybridized carbons (Fsp3) is 0.182. The second-order valence-electron chi connectivity index (χ2n) is 6.65. The van der Waals surface area contributed by atoms with E-state index in [1.165, 1.54) is 6.07 Å². The van der Waals surface area contributed by atoms with Crippen molar-refractivity contribution >= 4 is 16.6 Å². The van der Waals surface area contributed by atoms with Gasteiger partial charge in [-0.05, 0) is 30.7 Å². The Hall–Kier alpha value is -3.96. The summed E-state index contributed by atoms with van der Waals surface area (Å²) in [4.78, 5) is 12.3. The van der Waals surface area contributed by atoms with Crippen LogP contribution in [0.3, 0.4) is 0 Å². The van der Waals surface area contributed by atoms with Gasteiger partial charge >= 0.3 is 0 Å². The topological polar surface area (TPSA) is 128 Å². The van der Waals surface area contributed by atoms with E-state index in [4.69, 9.17) is 26.3 Å². The number of hydrogen-bond acceptors (Lipinski definition) is 7. The van der Waals surface area contributed by atoms with Crippen molar-refractivity contribution in [2.24, 2.45) is 18.6 Å². The van der Waals surface area contributed by atoms with Crippen LogP contribution in [-0.4, -0.2) is 17.8 Å². The molecule has 0 spiro atoms. The van der Waals surface area contributed by atoms with Gasteiger partial charge in [0, 0.05) is 24.1 Å². The minimum absolute atomic E-state index is 0.0725. The lowest BCUT2D eigenvalue weighted by atomic mass is 10.1. The van der Waals surface area contributed by atoms with Crippen molar-refractivity contribution in [2.75, 3.05) is 13.2 Å². The minimum Gasteiger partial charge on any atom is -0.490 e. The van der Waals surface area contributed by atoms with E-state index in [1.54, 1.807) is 35.9 Å².